The van der Waals surface area contributed by atoms with Crippen LogP contribution < -0.4 is 15.1 Å². The van der Waals surface area contributed by atoms with Gasteiger partial charge in [0.15, 0.2) is 0 Å². The summed E-state index contributed by atoms with van der Waals surface area (Å²) in [6.07, 6.45) is 6.91. The fourth-order valence-electron chi connectivity index (χ4n) is 3.91. The first-order chi connectivity index (χ1) is 13.7. The van der Waals surface area contributed by atoms with Crippen molar-refractivity contribution in [2.75, 3.05) is 41.3 Å². The summed E-state index contributed by atoms with van der Waals surface area (Å²) in [5.74, 6) is 2.26. The van der Waals surface area contributed by atoms with Crippen molar-refractivity contribution in [3.05, 3.63) is 36.2 Å². The van der Waals surface area contributed by atoms with Crippen LogP contribution in [-0.4, -0.2) is 58.4 Å². The number of pyridine rings is 1. The standard InChI is InChI=1S/C20H25N7O/c21-13-15-3-1-8-22-19(15)26-11-6-16(7-12-26)24-20-23-9-5-18(25-20)27-10-2-4-17(28)14-27/h1,3,5,8-9,16-17,28H,2,4,6-7,10-12,14H2,(H,23,24,25)/t17-/m0/s1. The molecule has 146 valence electrons. The molecule has 1 atom stereocenters. The number of aliphatic hydroxyl groups excluding tert-OH is 1. The summed E-state index contributed by atoms with van der Waals surface area (Å²) in [7, 11) is 0. The van der Waals surface area contributed by atoms with E-state index >= 15 is 0 Å². The lowest BCUT2D eigenvalue weighted by molar-refractivity contribution is 0.154. The molecule has 8 heteroatoms. The van der Waals surface area contributed by atoms with E-state index < -0.39 is 0 Å². The van der Waals surface area contributed by atoms with Gasteiger partial charge < -0.3 is 20.2 Å². The summed E-state index contributed by atoms with van der Waals surface area (Å²) < 4.78 is 0. The number of rotatable bonds is 4. The molecule has 0 saturated carbocycles. The van der Waals surface area contributed by atoms with E-state index in [-0.39, 0.29) is 12.1 Å². The maximum atomic E-state index is 9.90. The van der Waals surface area contributed by atoms with Crippen LogP contribution in [0, 0.1) is 11.3 Å². The Morgan fingerprint density at radius 3 is 2.71 bits per heavy atom. The Kier molecular flexibility index (Phi) is 5.53. The molecule has 4 heterocycles. The number of aliphatic hydroxyl groups is 1. The highest BCUT2D eigenvalue weighted by molar-refractivity contribution is 5.54. The van der Waals surface area contributed by atoms with Crippen LogP contribution in [0.15, 0.2) is 30.6 Å². The van der Waals surface area contributed by atoms with Gasteiger partial charge in [0.2, 0.25) is 5.95 Å². The summed E-state index contributed by atoms with van der Waals surface area (Å²) in [6, 6.07) is 8.01. The molecule has 2 N–H and O–H groups in total. The summed E-state index contributed by atoms with van der Waals surface area (Å²) in [5.41, 5.74) is 0.619. The van der Waals surface area contributed by atoms with Gasteiger partial charge in [-0.15, -0.1) is 0 Å². The number of nitriles is 1. The summed E-state index contributed by atoms with van der Waals surface area (Å²) in [4.78, 5) is 17.7. The van der Waals surface area contributed by atoms with Gasteiger partial charge in [-0.2, -0.15) is 10.2 Å². The fourth-order valence-corrected chi connectivity index (χ4v) is 3.91. The summed E-state index contributed by atoms with van der Waals surface area (Å²) >= 11 is 0. The van der Waals surface area contributed by atoms with E-state index in [2.05, 4.69) is 36.1 Å². The highest BCUT2D eigenvalue weighted by Gasteiger charge is 2.23. The summed E-state index contributed by atoms with van der Waals surface area (Å²) in [6.45, 7) is 3.21. The Balaban J connectivity index is 1.36. The highest BCUT2D eigenvalue weighted by Crippen LogP contribution is 2.23. The van der Waals surface area contributed by atoms with Crippen LogP contribution in [0.1, 0.15) is 31.2 Å². The Hall–Kier alpha value is -2.92. The van der Waals surface area contributed by atoms with Crippen molar-refractivity contribution in [1.82, 2.24) is 15.0 Å². The van der Waals surface area contributed by atoms with Gasteiger partial charge in [0.1, 0.15) is 17.7 Å². The van der Waals surface area contributed by atoms with Crippen molar-refractivity contribution in [2.45, 2.75) is 37.8 Å². The number of hydrogen-bond acceptors (Lipinski definition) is 8. The smallest absolute Gasteiger partial charge is 0.224 e. The molecular formula is C20H25N7O. The minimum Gasteiger partial charge on any atom is -0.391 e. The quantitative estimate of drug-likeness (QED) is 0.829. The number of nitrogens with one attached hydrogen (secondary N) is 1. The average molecular weight is 379 g/mol. The molecule has 2 fully saturated rings. The molecule has 4 rings (SSSR count). The lowest BCUT2D eigenvalue weighted by Gasteiger charge is -2.34. The van der Waals surface area contributed by atoms with Crippen LogP contribution in [-0.2, 0) is 0 Å². The van der Waals surface area contributed by atoms with Crippen LogP contribution in [0.5, 0.6) is 0 Å². The van der Waals surface area contributed by atoms with E-state index in [1.54, 1.807) is 18.5 Å². The molecule has 2 aromatic rings. The van der Waals surface area contributed by atoms with Crippen molar-refractivity contribution in [3.8, 4) is 6.07 Å². The van der Waals surface area contributed by atoms with Crippen LogP contribution in [0.25, 0.3) is 0 Å². The first-order valence-electron chi connectivity index (χ1n) is 9.85. The fraction of sp³-hybridized carbons (Fsp3) is 0.500. The van der Waals surface area contributed by atoms with Crippen molar-refractivity contribution >= 4 is 17.6 Å². The number of β-amino-alcohol motifs (C(OH)–C–C–N with tert-alkyl or cyclic N) is 1. The van der Waals surface area contributed by atoms with Gasteiger partial charge in [0.05, 0.1) is 11.7 Å². The van der Waals surface area contributed by atoms with Crippen molar-refractivity contribution in [2.24, 2.45) is 0 Å². The predicted molar refractivity (Wildman–Crippen MR) is 107 cm³/mol. The molecule has 0 aromatic carbocycles. The second-order valence-corrected chi connectivity index (χ2v) is 7.37. The number of anilines is 3. The largest absolute Gasteiger partial charge is 0.391 e. The first-order valence-corrected chi connectivity index (χ1v) is 9.85. The number of aromatic nitrogens is 3. The van der Waals surface area contributed by atoms with Crippen LogP contribution in [0.4, 0.5) is 17.6 Å². The third-order valence-electron chi connectivity index (χ3n) is 5.40. The highest BCUT2D eigenvalue weighted by atomic mass is 16.3. The third kappa shape index (κ3) is 4.15. The van der Waals surface area contributed by atoms with E-state index in [0.717, 1.165) is 57.0 Å². The number of hydrogen-bond donors (Lipinski definition) is 2. The molecule has 28 heavy (non-hydrogen) atoms. The maximum absolute atomic E-state index is 9.90. The van der Waals surface area contributed by atoms with E-state index in [1.807, 2.05) is 12.1 Å². The van der Waals surface area contributed by atoms with Gasteiger partial charge in [-0.25, -0.2) is 9.97 Å². The monoisotopic (exact) mass is 379 g/mol. The van der Waals surface area contributed by atoms with Gasteiger partial charge in [-0.05, 0) is 43.9 Å². The van der Waals surface area contributed by atoms with Gasteiger partial charge in [0.25, 0.3) is 0 Å². The Morgan fingerprint density at radius 1 is 1.07 bits per heavy atom. The van der Waals surface area contributed by atoms with Crippen LogP contribution in [0.3, 0.4) is 0 Å². The van der Waals surface area contributed by atoms with E-state index in [1.165, 1.54) is 0 Å². The lowest BCUT2D eigenvalue weighted by Crippen LogP contribution is -2.40. The van der Waals surface area contributed by atoms with Crippen LogP contribution >= 0.6 is 0 Å². The van der Waals surface area contributed by atoms with E-state index in [0.29, 0.717) is 18.1 Å². The number of piperidine rings is 2. The van der Waals surface area contributed by atoms with Crippen molar-refractivity contribution in [1.29, 1.82) is 5.26 Å². The molecule has 2 aliphatic rings. The van der Waals surface area contributed by atoms with Crippen molar-refractivity contribution in [3.63, 3.8) is 0 Å². The van der Waals surface area contributed by atoms with Crippen LogP contribution in [0.2, 0.25) is 0 Å². The third-order valence-corrected chi connectivity index (χ3v) is 5.40. The topological polar surface area (TPSA) is 101 Å². The SMILES string of the molecule is N#Cc1cccnc1N1CCC(Nc2nccc(N3CCC[C@H](O)C3)n2)CC1. The van der Waals surface area contributed by atoms with E-state index in [9.17, 15) is 10.4 Å². The molecule has 0 aliphatic carbocycles. The molecule has 0 radical (unpaired) electrons. The molecule has 8 nitrogen and oxygen atoms in total. The zero-order valence-corrected chi connectivity index (χ0v) is 15.8. The Labute approximate surface area is 164 Å². The molecule has 0 amide bonds. The molecule has 0 bridgehead atoms. The molecule has 2 aliphatic heterocycles. The molecular weight excluding hydrogens is 354 g/mol. The lowest BCUT2D eigenvalue weighted by atomic mass is 10.0. The maximum Gasteiger partial charge on any atom is 0.224 e. The first kappa shape index (κ1) is 18.4. The average Bonchev–Trinajstić information content (AvgIpc) is 2.74. The van der Waals surface area contributed by atoms with Crippen molar-refractivity contribution < 1.29 is 5.11 Å². The van der Waals surface area contributed by atoms with E-state index in [4.69, 9.17) is 0 Å². The molecule has 2 aromatic heterocycles. The predicted octanol–water partition coefficient (Wildman–Crippen LogP) is 1.79. The number of nitrogens with zero attached hydrogens (tertiary/aromatic N) is 6. The minimum absolute atomic E-state index is 0.283. The Bertz CT molecular complexity index is 844. The molecule has 0 spiro atoms. The minimum atomic E-state index is -0.283. The normalized spacial score (nSPS) is 20.6. The second kappa shape index (κ2) is 8.40. The van der Waals surface area contributed by atoms with Gasteiger partial charge in [-0.3, -0.25) is 0 Å². The molecule has 0 unspecified atom stereocenters. The Morgan fingerprint density at radius 2 is 1.93 bits per heavy atom. The van der Waals surface area contributed by atoms with Gasteiger partial charge >= 0.3 is 0 Å². The second-order valence-electron chi connectivity index (χ2n) is 7.37. The zero-order valence-electron chi connectivity index (χ0n) is 15.8. The summed E-state index contributed by atoms with van der Waals surface area (Å²) in [5, 5.41) is 22.6. The van der Waals surface area contributed by atoms with Gasteiger partial charge in [-0.1, -0.05) is 0 Å². The molecule has 2 saturated heterocycles. The van der Waals surface area contributed by atoms with Gasteiger partial charge in [0, 0.05) is 44.6 Å². The zero-order chi connectivity index (χ0) is 19.3.